The summed E-state index contributed by atoms with van der Waals surface area (Å²) in [7, 11) is 0. The molecule has 0 aromatic heterocycles. The average Bonchev–Trinajstić information content (AvgIpc) is 1.57. The van der Waals surface area contributed by atoms with Crippen molar-refractivity contribution in [3.05, 3.63) is 183 Å². The Morgan fingerprint density at radius 3 is 1.43 bits per heavy atom. The maximum Gasteiger partial charge on any atom is 0.0943 e. The minimum Gasteiger partial charge on any atom is -0.396 e. The largest absolute Gasteiger partial charge is 0.396 e. The van der Waals surface area contributed by atoms with Gasteiger partial charge in [-0.05, 0) is 132 Å². The quantitative estimate of drug-likeness (QED) is 0.0193. The standard InChI is InChI=1S/C81H114N2.C3H8/c1-15-18-20-22-24-26-28-30-32-34-55-81(56-35-33-31-29-27-25-23-21-19-16-2)74-58-68(49-51-72(74)73-52-50-69(59-75(73)81)80(12,13)14)62(6)42-48-66(36-17-3)71-54-53-70(63(7)41-43-64(8)79(9,10)11)78(77(71)82)83-76(67-46-39-61(5)40-47-67)57-65-44-37-60(4)38-45-65;1-3-2/h37-54,58-59H,15-36,55-57,82H2,1-14H3;3H2,1-2H3/b62-42+,63-41+,64-43+,66-48+,83-76?;. The van der Waals surface area contributed by atoms with Crippen molar-refractivity contribution in [2.75, 3.05) is 5.73 Å². The molecular weight excluding hydrogens is 1040 g/mol. The number of unbranched alkanes of at least 4 members (excludes halogenated alkanes) is 18. The smallest absolute Gasteiger partial charge is 0.0943 e. The van der Waals surface area contributed by atoms with Crippen LogP contribution in [0.25, 0.3) is 27.8 Å². The van der Waals surface area contributed by atoms with Gasteiger partial charge in [0.1, 0.15) is 0 Å². The van der Waals surface area contributed by atoms with Crippen LogP contribution in [0.2, 0.25) is 0 Å². The lowest BCUT2D eigenvalue weighted by atomic mass is 9.69. The van der Waals surface area contributed by atoms with Gasteiger partial charge < -0.3 is 5.73 Å². The SMILES string of the molecule is CCC.CCCCCCCCCCCCC1(CCCCCCCCCCCC)c2cc(/C(C)=C/C=C(\CCC)c3ccc(/C(C)=C/C=C(\C)C(C)(C)C)c(N=C(Cc4ccc(C)cc4)c4ccc(C)cc4)c3N)ccc2-c2ccc(C(C)(C)C)cc21. The topological polar surface area (TPSA) is 38.4 Å². The number of aliphatic imine (C=N–C) groups is 1. The summed E-state index contributed by atoms with van der Waals surface area (Å²) < 4.78 is 0. The number of rotatable bonds is 33. The zero-order valence-electron chi connectivity index (χ0n) is 58.0. The van der Waals surface area contributed by atoms with Crippen molar-refractivity contribution in [3.8, 4) is 11.1 Å². The molecule has 0 atom stereocenters. The second kappa shape index (κ2) is 36.1. The summed E-state index contributed by atoms with van der Waals surface area (Å²) in [6.07, 6.45) is 42.9. The van der Waals surface area contributed by atoms with Gasteiger partial charge in [-0.25, -0.2) is 4.99 Å². The van der Waals surface area contributed by atoms with Gasteiger partial charge in [0.05, 0.1) is 17.1 Å². The van der Waals surface area contributed by atoms with Crippen LogP contribution < -0.4 is 5.73 Å². The molecule has 0 unspecified atom stereocenters. The Morgan fingerprint density at radius 2 is 0.930 bits per heavy atom. The Balaban J connectivity index is 0.00000440. The molecule has 0 fully saturated rings. The van der Waals surface area contributed by atoms with Gasteiger partial charge in [0.25, 0.3) is 0 Å². The van der Waals surface area contributed by atoms with Crippen molar-refractivity contribution in [1.82, 2.24) is 0 Å². The van der Waals surface area contributed by atoms with Gasteiger partial charge in [-0.15, -0.1) is 0 Å². The van der Waals surface area contributed by atoms with E-state index in [0.29, 0.717) is 6.42 Å². The molecule has 0 radical (unpaired) electrons. The van der Waals surface area contributed by atoms with E-state index in [-0.39, 0.29) is 16.2 Å². The number of nitrogen functional groups attached to an aromatic ring is 1. The summed E-state index contributed by atoms with van der Waals surface area (Å²) in [5.74, 6) is 0. The highest BCUT2D eigenvalue weighted by Gasteiger charge is 2.43. The van der Waals surface area contributed by atoms with E-state index in [2.05, 4.69) is 232 Å². The first-order valence-corrected chi connectivity index (χ1v) is 34.9. The van der Waals surface area contributed by atoms with Gasteiger partial charge in [-0.3, -0.25) is 0 Å². The molecule has 1 aliphatic carbocycles. The molecule has 0 heterocycles. The first kappa shape index (κ1) is 71.3. The van der Waals surface area contributed by atoms with Crippen LogP contribution in [0.1, 0.15) is 313 Å². The maximum atomic E-state index is 7.61. The normalized spacial score (nSPS) is 13.9. The number of fused-ring (bicyclic) bond motifs is 3. The number of hydrogen-bond acceptors (Lipinski definition) is 2. The third-order valence-corrected chi connectivity index (χ3v) is 18.5. The first-order chi connectivity index (χ1) is 41.2. The van der Waals surface area contributed by atoms with Crippen LogP contribution in [0.4, 0.5) is 11.4 Å². The fourth-order valence-electron chi connectivity index (χ4n) is 12.5. The molecule has 5 aromatic carbocycles. The number of aryl methyl sites for hydroxylation is 2. The van der Waals surface area contributed by atoms with Crippen LogP contribution in [0.15, 0.2) is 132 Å². The fourth-order valence-corrected chi connectivity index (χ4v) is 12.5. The van der Waals surface area contributed by atoms with Crippen LogP contribution in [-0.4, -0.2) is 5.71 Å². The molecule has 0 bridgehead atoms. The number of hydrogen-bond donors (Lipinski definition) is 1. The van der Waals surface area contributed by atoms with E-state index in [0.717, 1.165) is 52.2 Å². The molecule has 2 heteroatoms. The summed E-state index contributed by atoms with van der Waals surface area (Å²) in [5.41, 5.74) is 31.2. The minimum absolute atomic E-state index is 0.00352. The number of anilines is 1. The second-order valence-electron chi connectivity index (χ2n) is 28.2. The van der Waals surface area contributed by atoms with Crippen LogP contribution in [0.3, 0.4) is 0 Å². The molecule has 2 nitrogen and oxygen atoms in total. The Hall–Kier alpha value is -5.47. The average molecular weight is 1160 g/mol. The highest BCUT2D eigenvalue weighted by atomic mass is 14.8. The monoisotopic (exact) mass is 1160 g/mol. The lowest BCUT2D eigenvalue weighted by molar-refractivity contribution is 0.396. The minimum atomic E-state index is 0.00352. The van der Waals surface area contributed by atoms with Gasteiger partial charge in [0, 0.05) is 23.0 Å². The van der Waals surface area contributed by atoms with Gasteiger partial charge in [0.2, 0.25) is 0 Å². The summed E-state index contributed by atoms with van der Waals surface area (Å²) in [4.78, 5) is 5.69. The molecular formula is C84H122N2. The number of nitrogens with zero attached hydrogens (tertiary/aromatic N) is 1. The zero-order valence-corrected chi connectivity index (χ0v) is 58.0. The van der Waals surface area contributed by atoms with Crippen LogP contribution in [0.5, 0.6) is 0 Å². The lowest BCUT2D eigenvalue weighted by Gasteiger charge is -2.34. The first-order valence-electron chi connectivity index (χ1n) is 34.9. The molecule has 0 amide bonds. The maximum absolute atomic E-state index is 7.61. The van der Waals surface area contributed by atoms with Crippen molar-refractivity contribution >= 4 is 33.8 Å². The molecule has 5 aromatic rings. The molecule has 0 aliphatic heterocycles. The van der Waals surface area contributed by atoms with Crippen molar-refractivity contribution in [2.45, 2.75) is 289 Å². The molecule has 6 rings (SSSR count). The number of nitrogens with two attached hydrogens (primary N) is 1. The van der Waals surface area contributed by atoms with Crippen molar-refractivity contribution < 1.29 is 0 Å². The fraction of sp³-hybridized carbons (Fsp3) is 0.536. The molecule has 86 heavy (non-hydrogen) atoms. The molecule has 0 saturated heterocycles. The number of benzene rings is 5. The predicted molar refractivity (Wildman–Crippen MR) is 387 cm³/mol. The molecule has 468 valence electrons. The zero-order chi connectivity index (χ0) is 62.7. The molecule has 1 aliphatic rings. The van der Waals surface area contributed by atoms with E-state index < -0.39 is 0 Å². The van der Waals surface area contributed by atoms with Crippen molar-refractivity contribution in [1.29, 1.82) is 0 Å². The second-order valence-corrected chi connectivity index (χ2v) is 28.2. The Kier molecular flexibility index (Phi) is 29.9. The molecule has 0 saturated carbocycles. The van der Waals surface area contributed by atoms with Gasteiger partial charge in [-0.1, -0.05) is 349 Å². The summed E-state index contributed by atoms with van der Waals surface area (Å²) in [5, 5.41) is 0. The Labute approximate surface area is 529 Å². The summed E-state index contributed by atoms with van der Waals surface area (Å²) in [6.45, 7) is 36.3. The van der Waals surface area contributed by atoms with Crippen molar-refractivity contribution in [2.24, 2.45) is 10.4 Å². The van der Waals surface area contributed by atoms with Gasteiger partial charge in [-0.2, -0.15) is 0 Å². The third-order valence-electron chi connectivity index (χ3n) is 18.5. The van der Waals surface area contributed by atoms with E-state index in [1.54, 1.807) is 11.1 Å². The van der Waals surface area contributed by atoms with Crippen LogP contribution >= 0.6 is 0 Å². The van der Waals surface area contributed by atoms with Gasteiger partial charge >= 0.3 is 0 Å². The third kappa shape index (κ3) is 21.4. The summed E-state index contributed by atoms with van der Waals surface area (Å²) >= 11 is 0. The molecule has 2 N–H and O–H groups in total. The Morgan fingerprint density at radius 1 is 0.477 bits per heavy atom. The molecule has 0 spiro atoms. The van der Waals surface area contributed by atoms with E-state index >= 15 is 0 Å². The van der Waals surface area contributed by atoms with E-state index in [1.807, 2.05) is 0 Å². The summed E-state index contributed by atoms with van der Waals surface area (Å²) in [6, 6.07) is 37.4. The van der Waals surface area contributed by atoms with Crippen LogP contribution in [0, 0.1) is 19.3 Å². The van der Waals surface area contributed by atoms with Crippen molar-refractivity contribution in [3.63, 3.8) is 0 Å². The van der Waals surface area contributed by atoms with Gasteiger partial charge in [0.15, 0.2) is 0 Å². The van der Waals surface area contributed by atoms with Crippen LogP contribution in [-0.2, 0) is 17.3 Å². The lowest BCUT2D eigenvalue weighted by Crippen LogP contribution is -2.26. The number of allylic oxidation sites excluding steroid dienone is 8. The highest BCUT2D eigenvalue weighted by Crippen LogP contribution is 2.56. The highest BCUT2D eigenvalue weighted by molar-refractivity contribution is 6.05. The van der Waals surface area contributed by atoms with E-state index in [4.69, 9.17) is 10.7 Å². The van der Waals surface area contributed by atoms with E-state index in [1.165, 1.54) is 203 Å². The Bertz CT molecular complexity index is 2960. The van der Waals surface area contributed by atoms with E-state index in [9.17, 15) is 0 Å². The predicted octanol–water partition coefficient (Wildman–Crippen LogP) is 26.5.